The summed E-state index contributed by atoms with van der Waals surface area (Å²) in [5.74, 6) is -1.05. The number of alkyl halides is 1. The fourth-order valence-electron chi connectivity index (χ4n) is 3.02. The number of carbonyl (C=O) groups excluding carboxylic acids is 1. The van der Waals surface area contributed by atoms with Crippen LogP contribution in [0.4, 0.5) is 8.78 Å². The minimum atomic E-state index is -0.894. The van der Waals surface area contributed by atoms with Gasteiger partial charge in [-0.3, -0.25) is 10.2 Å². The third-order valence-corrected chi connectivity index (χ3v) is 5.12. The molecule has 0 bridgehead atoms. The van der Waals surface area contributed by atoms with Crippen molar-refractivity contribution in [3.8, 4) is 11.3 Å². The number of hydrogen-bond acceptors (Lipinski definition) is 4. The highest BCUT2D eigenvalue weighted by Gasteiger charge is 2.24. The number of rotatable bonds is 9. The summed E-state index contributed by atoms with van der Waals surface area (Å²) in [7, 11) is 0. The highest BCUT2D eigenvalue weighted by atomic mass is 35.5. The van der Waals surface area contributed by atoms with Gasteiger partial charge < -0.3 is 15.1 Å². The Labute approximate surface area is 193 Å². The van der Waals surface area contributed by atoms with Crippen LogP contribution in [0.3, 0.4) is 0 Å². The minimum Gasteiger partial charge on any atom is -0.438 e. The van der Waals surface area contributed by atoms with E-state index in [0.29, 0.717) is 35.7 Å². The van der Waals surface area contributed by atoms with E-state index in [-0.39, 0.29) is 22.3 Å². The second-order valence-corrected chi connectivity index (χ2v) is 7.72. The zero-order valence-corrected chi connectivity index (χ0v) is 18.3. The number of halogens is 4. The first kappa shape index (κ1) is 23.7. The fraction of sp³-hybridized carbons (Fsp3) is 0.227. The van der Waals surface area contributed by atoms with Crippen molar-refractivity contribution in [2.45, 2.75) is 18.9 Å². The quantitative estimate of drug-likeness (QED) is 0.212. The predicted octanol–water partition coefficient (Wildman–Crippen LogP) is 5.58. The molecule has 0 spiro atoms. The molecule has 0 radical (unpaired) electrons. The first-order valence-electron chi connectivity index (χ1n) is 9.73. The van der Waals surface area contributed by atoms with E-state index in [9.17, 15) is 13.6 Å². The number of amides is 1. The molecule has 10 heteroatoms. The standard InChI is InChI=1S/C22H20Cl2F2N4O2/c23-14-5-1-4-13(10-14)18-12-29-22(32-18)17(8-3-9-28-19(27)11-25)30-21(31)20-15(24)6-2-7-16(20)26/h1-2,4-7,10,12,17H,3,8-9,11H2,(H2,27,28)(H,30,31). The molecule has 0 aliphatic carbocycles. The highest BCUT2D eigenvalue weighted by Crippen LogP contribution is 2.28. The van der Waals surface area contributed by atoms with Crippen LogP contribution in [0.1, 0.15) is 35.1 Å². The number of hydrogen-bond donors (Lipinski definition) is 3. The van der Waals surface area contributed by atoms with E-state index in [2.05, 4.69) is 15.6 Å². The second-order valence-electron chi connectivity index (χ2n) is 6.88. The maximum Gasteiger partial charge on any atom is 0.256 e. The van der Waals surface area contributed by atoms with Crippen LogP contribution in [0.15, 0.2) is 53.1 Å². The molecular formula is C22H20Cl2F2N4O2. The van der Waals surface area contributed by atoms with Gasteiger partial charge in [-0.05, 0) is 37.1 Å². The van der Waals surface area contributed by atoms with E-state index < -0.39 is 24.4 Å². The van der Waals surface area contributed by atoms with Crippen molar-refractivity contribution in [1.29, 1.82) is 5.41 Å². The average molecular weight is 481 g/mol. The molecule has 0 fully saturated rings. The topological polar surface area (TPSA) is 91.0 Å². The van der Waals surface area contributed by atoms with Gasteiger partial charge in [-0.2, -0.15) is 0 Å². The van der Waals surface area contributed by atoms with Gasteiger partial charge in [-0.15, -0.1) is 0 Å². The van der Waals surface area contributed by atoms with Gasteiger partial charge in [0.05, 0.1) is 16.8 Å². The molecule has 3 N–H and O–H groups in total. The number of nitrogens with one attached hydrogen (secondary N) is 3. The van der Waals surface area contributed by atoms with E-state index in [1.54, 1.807) is 24.3 Å². The maximum absolute atomic E-state index is 14.2. The largest absolute Gasteiger partial charge is 0.438 e. The Morgan fingerprint density at radius 1 is 1.22 bits per heavy atom. The van der Waals surface area contributed by atoms with Gasteiger partial charge in [0, 0.05) is 17.1 Å². The smallest absolute Gasteiger partial charge is 0.256 e. The molecule has 0 aliphatic heterocycles. The number of oxazole rings is 1. The molecule has 0 saturated heterocycles. The van der Waals surface area contributed by atoms with Gasteiger partial charge in [-0.25, -0.2) is 13.8 Å². The van der Waals surface area contributed by atoms with Crippen LogP contribution in [0.25, 0.3) is 11.3 Å². The molecule has 1 heterocycles. The summed E-state index contributed by atoms with van der Waals surface area (Å²) in [5.41, 5.74) is 0.426. The van der Waals surface area contributed by atoms with Crippen molar-refractivity contribution in [1.82, 2.24) is 15.6 Å². The minimum absolute atomic E-state index is 0.0219. The van der Waals surface area contributed by atoms with Crippen molar-refractivity contribution in [3.05, 3.63) is 76.0 Å². The number of amidine groups is 1. The molecule has 6 nitrogen and oxygen atoms in total. The summed E-state index contributed by atoms with van der Waals surface area (Å²) >= 11 is 12.0. The molecule has 1 amide bonds. The van der Waals surface area contributed by atoms with Gasteiger partial charge in [0.25, 0.3) is 5.91 Å². The summed E-state index contributed by atoms with van der Waals surface area (Å²) in [6.45, 7) is -0.591. The lowest BCUT2D eigenvalue weighted by Gasteiger charge is -2.17. The van der Waals surface area contributed by atoms with Gasteiger partial charge in [0.1, 0.15) is 24.4 Å². The molecule has 0 aliphatic rings. The highest BCUT2D eigenvalue weighted by molar-refractivity contribution is 6.33. The molecule has 3 rings (SSSR count). The third-order valence-electron chi connectivity index (χ3n) is 4.57. The van der Waals surface area contributed by atoms with Gasteiger partial charge >= 0.3 is 0 Å². The van der Waals surface area contributed by atoms with Gasteiger partial charge in [-0.1, -0.05) is 41.4 Å². The lowest BCUT2D eigenvalue weighted by molar-refractivity contribution is 0.0923. The molecule has 1 aromatic heterocycles. The van der Waals surface area contributed by atoms with Crippen molar-refractivity contribution in [2.24, 2.45) is 0 Å². The first-order valence-corrected chi connectivity index (χ1v) is 10.5. The summed E-state index contributed by atoms with van der Waals surface area (Å²) in [6, 6.07) is 10.3. The van der Waals surface area contributed by atoms with E-state index >= 15 is 0 Å². The average Bonchev–Trinajstić information content (AvgIpc) is 3.26. The van der Waals surface area contributed by atoms with Gasteiger partial charge in [0.2, 0.25) is 5.89 Å². The zero-order valence-electron chi connectivity index (χ0n) is 16.8. The van der Waals surface area contributed by atoms with Crippen molar-refractivity contribution >= 4 is 34.9 Å². The molecule has 168 valence electrons. The molecule has 32 heavy (non-hydrogen) atoms. The Hall–Kier alpha value is -2.97. The Morgan fingerprint density at radius 2 is 2.00 bits per heavy atom. The Morgan fingerprint density at radius 3 is 2.72 bits per heavy atom. The summed E-state index contributed by atoms with van der Waals surface area (Å²) in [5, 5.41) is 13.2. The summed E-state index contributed by atoms with van der Waals surface area (Å²) in [4.78, 5) is 17.0. The fourth-order valence-corrected chi connectivity index (χ4v) is 3.46. The van der Waals surface area contributed by atoms with Crippen LogP contribution in [-0.4, -0.2) is 29.9 Å². The van der Waals surface area contributed by atoms with Crippen molar-refractivity contribution in [2.75, 3.05) is 13.2 Å². The Balaban J connectivity index is 1.81. The molecule has 2 aromatic carbocycles. The van der Waals surface area contributed by atoms with Crippen LogP contribution in [0.2, 0.25) is 10.0 Å². The summed E-state index contributed by atoms with van der Waals surface area (Å²) < 4.78 is 32.5. The van der Waals surface area contributed by atoms with Crippen LogP contribution in [0.5, 0.6) is 0 Å². The molecule has 0 saturated carbocycles. The van der Waals surface area contributed by atoms with E-state index in [0.717, 1.165) is 6.07 Å². The molecule has 1 atom stereocenters. The van der Waals surface area contributed by atoms with E-state index in [1.807, 2.05) is 0 Å². The predicted molar refractivity (Wildman–Crippen MR) is 120 cm³/mol. The molecule has 3 aromatic rings. The normalized spacial score (nSPS) is 11.8. The van der Waals surface area contributed by atoms with Crippen molar-refractivity contribution in [3.63, 3.8) is 0 Å². The third kappa shape index (κ3) is 6.05. The van der Waals surface area contributed by atoms with Crippen LogP contribution in [-0.2, 0) is 0 Å². The monoisotopic (exact) mass is 480 g/mol. The van der Waals surface area contributed by atoms with E-state index in [1.165, 1.54) is 18.3 Å². The SMILES string of the molecule is N=C(CF)NCCCC(NC(=O)c1c(F)cccc1Cl)c1ncc(-c2cccc(Cl)c2)o1. The van der Waals surface area contributed by atoms with E-state index in [4.69, 9.17) is 33.0 Å². The lowest BCUT2D eigenvalue weighted by atomic mass is 10.1. The zero-order chi connectivity index (χ0) is 23.1. The lowest BCUT2D eigenvalue weighted by Crippen LogP contribution is -2.31. The van der Waals surface area contributed by atoms with Crippen molar-refractivity contribution < 1.29 is 18.0 Å². The number of nitrogens with zero attached hydrogens (tertiary/aromatic N) is 1. The molecule has 1 unspecified atom stereocenters. The Bertz CT molecular complexity index is 1090. The van der Waals surface area contributed by atoms with Crippen LogP contribution in [0, 0.1) is 11.2 Å². The summed E-state index contributed by atoms with van der Waals surface area (Å²) in [6.07, 6.45) is 2.29. The first-order chi connectivity index (χ1) is 15.4. The molecular weight excluding hydrogens is 461 g/mol. The number of carbonyl (C=O) groups is 1. The number of benzene rings is 2. The van der Waals surface area contributed by atoms with Crippen LogP contribution < -0.4 is 10.6 Å². The maximum atomic E-state index is 14.2. The second kappa shape index (κ2) is 11.1. The van der Waals surface area contributed by atoms with Crippen LogP contribution >= 0.6 is 23.2 Å². The van der Waals surface area contributed by atoms with Gasteiger partial charge in [0.15, 0.2) is 5.76 Å². The Kier molecular flexibility index (Phi) is 8.19. The number of aromatic nitrogens is 1.